The molecule has 0 radical (unpaired) electrons. The minimum atomic E-state index is -0.893. The maximum Gasteiger partial charge on any atom is 0.320 e. The Kier molecular flexibility index (Phi) is 28.7. The molecule has 0 atom stereocenters. The van der Waals surface area contributed by atoms with Gasteiger partial charge in [-0.3, -0.25) is 19.6 Å². The summed E-state index contributed by atoms with van der Waals surface area (Å²) < 4.78 is 34.1. The van der Waals surface area contributed by atoms with Crippen LogP contribution in [-0.2, 0) is 19.1 Å². The maximum atomic E-state index is 12.4. The van der Waals surface area contributed by atoms with Crippen LogP contribution in [0.3, 0.4) is 0 Å². The minimum absolute atomic E-state index is 0.342. The van der Waals surface area contributed by atoms with Crippen LogP contribution in [0.4, 0.5) is 11.4 Å². The van der Waals surface area contributed by atoms with Gasteiger partial charge in [0.05, 0.1) is 51.0 Å². The molecule has 0 fully saturated rings. The Labute approximate surface area is 408 Å². The van der Waals surface area contributed by atoms with Crippen molar-refractivity contribution in [1.82, 2.24) is 0 Å². The Hall–Kier alpha value is -5.64. The standard InChI is InChI=1S/C58H80N2O8/c1-4-6-40-63-55-36-28-51(29-37-55)59-46-49-24-32-53(33-25-49)65-42-20-16-12-8-10-14-18-22-44-67-57(61)48(3)58(62)68-45-23-19-15-11-9-13-17-21-43-66-54-34-26-50(27-35-54)47-60-52-30-38-56(39-31-52)64-41-7-5-2/h24-39,46-48H,4-23,40-45H2,1-3H3. The molecule has 0 aliphatic carbocycles. The zero-order valence-corrected chi connectivity index (χ0v) is 41.5. The Morgan fingerprint density at radius 3 is 0.956 bits per heavy atom. The molecule has 370 valence electrons. The van der Waals surface area contributed by atoms with E-state index in [1.165, 1.54) is 25.7 Å². The lowest BCUT2D eigenvalue weighted by atomic mass is 10.1. The van der Waals surface area contributed by atoms with Crippen molar-refractivity contribution < 1.29 is 38.0 Å². The van der Waals surface area contributed by atoms with E-state index in [4.69, 9.17) is 28.4 Å². The van der Waals surface area contributed by atoms with E-state index in [-0.39, 0.29) is 0 Å². The minimum Gasteiger partial charge on any atom is -0.494 e. The molecule has 10 nitrogen and oxygen atoms in total. The van der Waals surface area contributed by atoms with Gasteiger partial charge < -0.3 is 28.4 Å². The monoisotopic (exact) mass is 933 g/mol. The van der Waals surface area contributed by atoms with Gasteiger partial charge in [0.2, 0.25) is 0 Å². The van der Waals surface area contributed by atoms with Gasteiger partial charge >= 0.3 is 11.9 Å². The lowest BCUT2D eigenvalue weighted by Gasteiger charge is -2.11. The predicted octanol–water partition coefficient (Wildman–Crippen LogP) is 15.0. The first kappa shape index (κ1) is 55.0. The molecule has 68 heavy (non-hydrogen) atoms. The molecule has 0 aliphatic heterocycles. The molecule has 0 saturated heterocycles. The summed E-state index contributed by atoms with van der Waals surface area (Å²) in [7, 11) is 0. The first-order chi connectivity index (χ1) is 33.4. The van der Waals surface area contributed by atoms with Crippen LogP contribution >= 0.6 is 0 Å². The molecule has 0 bridgehead atoms. The van der Waals surface area contributed by atoms with E-state index in [9.17, 15) is 9.59 Å². The van der Waals surface area contributed by atoms with Crippen LogP contribution in [0.2, 0.25) is 0 Å². The van der Waals surface area contributed by atoms with Crippen LogP contribution < -0.4 is 18.9 Å². The Morgan fingerprint density at radius 1 is 0.382 bits per heavy atom. The number of esters is 2. The number of nitrogens with zero attached hydrogens (tertiary/aromatic N) is 2. The molecule has 0 aliphatic rings. The third-order valence-electron chi connectivity index (χ3n) is 11.5. The molecule has 10 heteroatoms. The number of aliphatic imine (C=N–C) groups is 2. The fraction of sp³-hybridized carbons (Fsp3) is 0.517. The third-order valence-corrected chi connectivity index (χ3v) is 11.5. The Morgan fingerprint density at radius 2 is 0.647 bits per heavy atom. The van der Waals surface area contributed by atoms with E-state index in [1.807, 2.05) is 109 Å². The molecule has 4 aromatic rings. The number of benzene rings is 4. The summed E-state index contributed by atoms with van der Waals surface area (Å²) >= 11 is 0. The second-order valence-electron chi connectivity index (χ2n) is 17.5. The van der Waals surface area contributed by atoms with Crippen molar-refractivity contribution >= 4 is 35.7 Å². The molecule has 0 spiro atoms. The lowest BCUT2D eigenvalue weighted by molar-refractivity contribution is -0.161. The van der Waals surface area contributed by atoms with Crippen molar-refractivity contribution in [3.05, 3.63) is 108 Å². The van der Waals surface area contributed by atoms with Crippen LogP contribution in [0.25, 0.3) is 0 Å². The van der Waals surface area contributed by atoms with E-state index in [0.717, 1.165) is 161 Å². The van der Waals surface area contributed by atoms with Gasteiger partial charge in [0.1, 0.15) is 23.0 Å². The van der Waals surface area contributed by atoms with E-state index in [1.54, 1.807) is 6.92 Å². The topological polar surface area (TPSA) is 114 Å². The zero-order chi connectivity index (χ0) is 48.1. The van der Waals surface area contributed by atoms with Crippen molar-refractivity contribution in [3.8, 4) is 23.0 Å². The molecule has 0 unspecified atom stereocenters. The van der Waals surface area contributed by atoms with Gasteiger partial charge in [0.15, 0.2) is 5.92 Å². The fourth-order valence-electron chi connectivity index (χ4n) is 7.13. The molecule has 4 rings (SSSR count). The summed E-state index contributed by atoms with van der Waals surface area (Å²) in [6.07, 6.45) is 25.3. The highest BCUT2D eigenvalue weighted by Crippen LogP contribution is 2.21. The van der Waals surface area contributed by atoms with E-state index < -0.39 is 17.9 Å². The predicted molar refractivity (Wildman–Crippen MR) is 277 cm³/mol. The first-order valence-corrected chi connectivity index (χ1v) is 25.8. The number of hydrogen-bond acceptors (Lipinski definition) is 10. The van der Waals surface area contributed by atoms with Crippen LogP contribution in [0.1, 0.15) is 160 Å². The number of ether oxygens (including phenoxy) is 6. The van der Waals surface area contributed by atoms with Gasteiger partial charge in [-0.15, -0.1) is 0 Å². The van der Waals surface area contributed by atoms with Crippen molar-refractivity contribution in [2.45, 2.75) is 149 Å². The molecule has 0 aromatic heterocycles. The SMILES string of the molecule is CCCCOc1ccc(N=Cc2ccc(OCCCCCCCCCCOC(=O)C(C)C(=O)OCCCCCCCCCCOc3ccc(C=Nc4ccc(OCCCC)cc4)cc3)cc2)cc1. The number of carbonyl (C=O) groups is 2. The van der Waals surface area contributed by atoms with Crippen molar-refractivity contribution in [2.24, 2.45) is 15.9 Å². The zero-order valence-electron chi connectivity index (χ0n) is 41.5. The van der Waals surface area contributed by atoms with Crippen LogP contribution in [0.15, 0.2) is 107 Å². The van der Waals surface area contributed by atoms with Gasteiger partial charge in [-0.1, -0.05) is 104 Å². The number of rotatable bonds is 38. The fourth-order valence-corrected chi connectivity index (χ4v) is 7.13. The first-order valence-electron chi connectivity index (χ1n) is 25.8. The van der Waals surface area contributed by atoms with Crippen molar-refractivity contribution in [2.75, 3.05) is 39.6 Å². The summed E-state index contributed by atoms with van der Waals surface area (Å²) in [4.78, 5) is 33.9. The van der Waals surface area contributed by atoms with E-state index in [2.05, 4.69) is 23.8 Å². The van der Waals surface area contributed by atoms with Gasteiger partial charge in [0, 0.05) is 12.4 Å². The van der Waals surface area contributed by atoms with E-state index >= 15 is 0 Å². The molecule has 0 saturated carbocycles. The van der Waals surface area contributed by atoms with Crippen molar-refractivity contribution in [3.63, 3.8) is 0 Å². The highest BCUT2D eigenvalue weighted by molar-refractivity contribution is 5.94. The summed E-state index contributed by atoms with van der Waals surface area (Å²) in [5.74, 6) is 1.62. The van der Waals surface area contributed by atoms with Gasteiger partial charge in [-0.25, -0.2) is 0 Å². The summed E-state index contributed by atoms with van der Waals surface area (Å²) in [5.41, 5.74) is 3.83. The molecule has 0 heterocycles. The van der Waals surface area contributed by atoms with Gasteiger partial charge in [0.25, 0.3) is 0 Å². The van der Waals surface area contributed by atoms with Crippen LogP contribution in [0, 0.1) is 5.92 Å². The largest absolute Gasteiger partial charge is 0.494 e. The van der Waals surface area contributed by atoms with Gasteiger partial charge in [-0.05, 0) is 154 Å². The highest BCUT2D eigenvalue weighted by atomic mass is 16.6. The smallest absolute Gasteiger partial charge is 0.320 e. The highest BCUT2D eigenvalue weighted by Gasteiger charge is 2.24. The normalized spacial score (nSPS) is 11.8. The summed E-state index contributed by atoms with van der Waals surface area (Å²) in [6, 6.07) is 31.8. The average Bonchev–Trinajstić information content (AvgIpc) is 3.37. The number of carbonyl (C=O) groups excluding carboxylic acids is 2. The quantitative estimate of drug-likeness (QED) is 0.0189. The van der Waals surface area contributed by atoms with E-state index in [0.29, 0.717) is 26.4 Å². The number of unbranched alkanes of at least 4 members (excludes halogenated alkanes) is 16. The Balaban J connectivity index is 0.877. The summed E-state index contributed by atoms with van der Waals surface area (Å²) in [6.45, 7) is 9.47. The molecular weight excluding hydrogens is 853 g/mol. The summed E-state index contributed by atoms with van der Waals surface area (Å²) in [5, 5.41) is 0. The molecular formula is C58H80N2O8. The molecule has 0 amide bonds. The third kappa shape index (κ3) is 24.9. The second-order valence-corrected chi connectivity index (χ2v) is 17.5. The Bertz CT molecular complexity index is 1820. The lowest BCUT2D eigenvalue weighted by Crippen LogP contribution is -2.26. The second kappa shape index (κ2) is 35.5. The maximum absolute atomic E-state index is 12.4. The average molecular weight is 933 g/mol. The van der Waals surface area contributed by atoms with Crippen molar-refractivity contribution in [1.29, 1.82) is 0 Å². The van der Waals surface area contributed by atoms with Gasteiger partial charge in [-0.2, -0.15) is 0 Å². The molecule has 0 N–H and O–H groups in total. The number of hydrogen-bond donors (Lipinski definition) is 0. The molecule has 4 aromatic carbocycles. The van der Waals surface area contributed by atoms with Crippen LogP contribution in [-0.4, -0.2) is 64.0 Å². The van der Waals surface area contributed by atoms with Crippen LogP contribution in [0.5, 0.6) is 23.0 Å².